The summed E-state index contributed by atoms with van der Waals surface area (Å²) in [7, 11) is 2.00. The molecule has 1 aliphatic rings. The van der Waals surface area contributed by atoms with Gasteiger partial charge in [-0.2, -0.15) is 0 Å². The van der Waals surface area contributed by atoms with E-state index in [1.807, 2.05) is 27.0 Å². The van der Waals surface area contributed by atoms with Gasteiger partial charge in [-0.1, -0.05) is 0 Å². The smallest absolute Gasteiger partial charge is 0.140 e. The van der Waals surface area contributed by atoms with E-state index in [1.54, 1.807) is 0 Å². The Morgan fingerprint density at radius 2 is 2.21 bits per heavy atom. The predicted molar refractivity (Wildman–Crippen MR) is 76.9 cm³/mol. The number of likely N-dealkylation sites (N-methyl/N-ethyl adjacent to an activating group) is 1. The highest BCUT2D eigenvalue weighted by molar-refractivity contribution is 6.01. The molecule has 0 radical (unpaired) electrons. The van der Waals surface area contributed by atoms with E-state index >= 15 is 0 Å². The number of pyridine rings is 1. The van der Waals surface area contributed by atoms with Crippen molar-refractivity contribution in [2.45, 2.75) is 39.3 Å². The molecule has 2 rings (SSSR count). The summed E-state index contributed by atoms with van der Waals surface area (Å²) in [6.07, 6.45) is 1.15. The SMILES string of the molecule is Cc1cc(C)c(C(=N)N)c(N(C)C2CCOC2C)n1. The standard InChI is InChI=1S/C14H22N4O/c1-8-7-9(2)17-14(12(8)13(15)16)18(4)11-5-6-19-10(11)3/h7,10-11H,5-6H2,1-4H3,(H3,15,16). The number of nitrogen functional groups attached to an aromatic ring is 1. The molecule has 0 spiro atoms. The summed E-state index contributed by atoms with van der Waals surface area (Å²) in [5, 5.41) is 7.78. The maximum atomic E-state index is 7.78. The summed E-state index contributed by atoms with van der Waals surface area (Å²) >= 11 is 0. The number of nitrogens with two attached hydrogens (primary N) is 1. The van der Waals surface area contributed by atoms with Gasteiger partial charge in [0.25, 0.3) is 0 Å². The summed E-state index contributed by atoms with van der Waals surface area (Å²) in [6, 6.07) is 2.25. The first-order valence-electron chi connectivity index (χ1n) is 6.59. The molecule has 0 bridgehead atoms. The average Bonchev–Trinajstić information content (AvgIpc) is 2.72. The Morgan fingerprint density at radius 3 is 2.74 bits per heavy atom. The fourth-order valence-electron chi connectivity index (χ4n) is 2.79. The molecule has 1 aromatic rings. The molecule has 1 saturated heterocycles. The zero-order valence-electron chi connectivity index (χ0n) is 12.0. The number of nitrogens with one attached hydrogen (secondary N) is 1. The molecular weight excluding hydrogens is 240 g/mol. The Balaban J connectivity index is 2.45. The Labute approximate surface area is 114 Å². The van der Waals surface area contributed by atoms with Crippen LogP contribution in [0.25, 0.3) is 0 Å². The van der Waals surface area contributed by atoms with Crippen molar-refractivity contribution in [1.29, 1.82) is 5.41 Å². The Kier molecular flexibility index (Phi) is 3.75. The minimum Gasteiger partial charge on any atom is -0.384 e. The predicted octanol–water partition coefficient (Wildman–Crippen LogP) is 1.60. The van der Waals surface area contributed by atoms with Crippen molar-refractivity contribution < 1.29 is 4.74 Å². The van der Waals surface area contributed by atoms with E-state index in [0.29, 0.717) is 0 Å². The number of amidine groups is 1. The number of anilines is 1. The molecule has 1 fully saturated rings. The molecule has 2 unspecified atom stereocenters. The topological polar surface area (TPSA) is 75.2 Å². The van der Waals surface area contributed by atoms with Crippen LogP contribution in [0.3, 0.4) is 0 Å². The lowest BCUT2D eigenvalue weighted by molar-refractivity contribution is 0.118. The largest absolute Gasteiger partial charge is 0.384 e. The van der Waals surface area contributed by atoms with Crippen molar-refractivity contribution in [2.75, 3.05) is 18.6 Å². The lowest BCUT2D eigenvalue weighted by atomic mass is 10.1. The first kappa shape index (κ1) is 13.8. The van der Waals surface area contributed by atoms with Crippen molar-refractivity contribution in [3.8, 4) is 0 Å². The number of hydrogen-bond donors (Lipinski definition) is 2. The molecule has 0 amide bonds. The Morgan fingerprint density at radius 1 is 1.53 bits per heavy atom. The van der Waals surface area contributed by atoms with E-state index in [9.17, 15) is 0 Å². The van der Waals surface area contributed by atoms with Gasteiger partial charge in [-0.15, -0.1) is 0 Å². The molecular formula is C14H22N4O. The maximum Gasteiger partial charge on any atom is 0.140 e. The van der Waals surface area contributed by atoms with Crippen LogP contribution in [0.5, 0.6) is 0 Å². The van der Waals surface area contributed by atoms with Crippen LogP contribution in [0, 0.1) is 19.3 Å². The zero-order valence-corrected chi connectivity index (χ0v) is 12.0. The van der Waals surface area contributed by atoms with Crippen molar-refractivity contribution in [1.82, 2.24) is 4.98 Å². The third-order valence-corrected chi connectivity index (χ3v) is 3.76. The molecule has 5 nitrogen and oxygen atoms in total. The number of rotatable bonds is 3. The molecule has 2 atom stereocenters. The third kappa shape index (κ3) is 2.56. The average molecular weight is 262 g/mol. The molecule has 0 saturated carbocycles. The lowest BCUT2D eigenvalue weighted by Crippen LogP contribution is -2.38. The molecule has 2 heterocycles. The van der Waals surface area contributed by atoms with Crippen molar-refractivity contribution >= 4 is 11.7 Å². The fraction of sp³-hybridized carbons (Fsp3) is 0.571. The van der Waals surface area contributed by atoms with Crippen LogP contribution in [0.1, 0.15) is 30.2 Å². The van der Waals surface area contributed by atoms with E-state index in [1.165, 1.54) is 0 Å². The number of aryl methyl sites for hydroxylation is 2. The van der Waals surface area contributed by atoms with E-state index in [-0.39, 0.29) is 18.0 Å². The fourth-order valence-corrected chi connectivity index (χ4v) is 2.79. The van der Waals surface area contributed by atoms with Crippen LogP contribution in [-0.4, -0.2) is 36.6 Å². The minimum absolute atomic E-state index is 0.0680. The molecule has 3 N–H and O–H groups in total. The number of ether oxygens (including phenoxy) is 1. The highest BCUT2D eigenvalue weighted by Crippen LogP contribution is 2.27. The first-order valence-corrected chi connectivity index (χ1v) is 6.59. The lowest BCUT2D eigenvalue weighted by Gasteiger charge is -2.30. The molecule has 0 aliphatic carbocycles. The van der Waals surface area contributed by atoms with Gasteiger partial charge in [0.15, 0.2) is 0 Å². The van der Waals surface area contributed by atoms with Crippen LogP contribution in [-0.2, 0) is 4.74 Å². The van der Waals surface area contributed by atoms with Crippen molar-refractivity contribution in [2.24, 2.45) is 5.73 Å². The van der Waals surface area contributed by atoms with Gasteiger partial charge >= 0.3 is 0 Å². The van der Waals surface area contributed by atoms with Gasteiger partial charge in [0.05, 0.1) is 17.7 Å². The van der Waals surface area contributed by atoms with Crippen LogP contribution in [0.2, 0.25) is 0 Å². The highest BCUT2D eigenvalue weighted by Gasteiger charge is 2.30. The second kappa shape index (κ2) is 5.17. The number of nitrogens with zero attached hydrogens (tertiary/aromatic N) is 2. The van der Waals surface area contributed by atoms with Gasteiger partial charge in [0, 0.05) is 19.3 Å². The Hall–Kier alpha value is -1.62. The van der Waals surface area contributed by atoms with Gasteiger partial charge in [-0.05, 0) is 38.8 Å². The summed E-state index contributed by atoms with van der Waals surface area (Å²) in [4.78, 5) is 6.69. The zero-order chi connectivity index (χ0) is 14.2. The van der Waals surface area contributed by atoms with Gasteiger partial charge < -0.3 is 15.4 Å². The van der Waals surface area contributed by atoms with Gasteiger partial charge in [0.1, 0.15) is 11.7 Å². The summed E-state index contributed by atoms with van der Waals surface area (Å²) in [5.74, 6) is 0.853. The normalized spacial score (nSPS) is 22.5. The Bertz CT molecular complexity index is 500. The number of hydrogen-bond acceptors (Lipinski definition) is 4. The van der Waals surface area contributed by atoms with Crippen LogP contribution < -0.4 is 10.6 Å². The van der Waals surface area contributed by atoms with Gasteiger partial charge in [-0.3, -0.25) is 5.41 Å². The van der Waals surface area contributed by atoms with Gasteiger partial charge in [0.2, 0.25) is 0 Å². The second-order valence-corrected chi connectivity index (χ2v) is 5.24. The minimum atomic E-state index is 0.0680. The molecule has 104 valence electrons. The molecule has 1 aliphatic heterocycles. The maximum absolute atomic E-state index is 7.78. The first-order chi connectivity index (χ1) is 8.91. The van der Waals surface area contributed by atoms with E-state index in [2.05, 4.69) is 16.8 Å². The van der Waals surface area contributed by atoms with E-state index < -0.39 is 0 Å². The van der Waals surface area contributed by atoms with E-state index in [0.717, 1.165) is 35.7 Å². The van der Waals surface area contributed by atoms with Crippen LogP contribution in [0.15, 0.2) is 6.07 Å². The molecule has 19 heavy (non-hydrogen) atoms. The quantitative estimate of drug-likeness (QED) is 0.641. The van der Waals surface area contributed by atoms with Crippen LogP contribution >= 0.6 is 0 Å². The molecule has 0 aromatic carbocycles. The third-order valence-electron chi connectivity index (χ3n) is 3.76. The number of aromatic nitrogens is 1. The summed E-state index contributed by atoms with van der Waals surface area (Å²) < 4.78 is 5.61. The van der Waals surface area contributed by atoms with E-state index in [4.69, 9.17) is 15.9 Å². The van der Waals surface area contributed by atoms with Crippen molar-refractivity contribution in [3.63, 3.8) is 0 Å². The summed E-state index contributed by atoms with van der Waals surface area (Å²) in [5.41, 5.74) is 8.39. The molecule has 1 aromatic heterocycles. The monoisotopic (exact) mass is 262 g/mol. The summed E-state index contributed by atoms with van der Waals surface area (Å²) in [6.45, 7) is 6.78. The highest BCUT2D eigenvalue weighted by atomic mass is 16.5. The van der Waals surface area contributed by atoms with Crippen LogP contribution in [0.4, 0.5) is 5.82 Å². The second-order valence-electron chi connectivity index (χ2n) is 5.24. The molecule has 5 heteroatoms. The van der Waals surface area contributed by atoms with Gasteiger partial charge in [-0.25, -0.2) is 4.98 Å². The van der Waals surface area contributed by atoms with Crippen molar-refractivity contribution in [3.05, 3.63) is 22.9 Å².